The van der Waals surface area contributed by atoms with Crippen molar-refractivity contribution in [1.29, 1.82) is 10.5 Å². The van der Waals surface area contributed by atoms with Gasteiger partial charge in [-0.05, 0) is 31.5 Å². The first-order valence-corrected chi connectivity index (χ1v) is 7.19. The van der Waals surface area contributed by atoms with Gasteiger partial charge in [-0.3, -0.25) is 0 Å². The lowest BCUT2D eigenvalue weighted by molar-refractivity contribution is -0.0401. The topological polar surface area (TPSA) is 92.1 Å². The van der Waals surface area contributed by atoms with Gasteiger partial charge in [-0.25, -0.2) is 4.98 Å². The van der Waals surface area contributed by atoms with Crippen molar-refractivity contribution in [1.82, 2.24) is 4.98 Å². The van der Waals surface area contributed by atoms with Crippen LogP contribution in [-0.4, -0.2) is 17.2 Å². The first-order valence-electron chi connectivity index (χ1n) is 7.19. The molecule has 0 saturated carbocycles. The minimum absolute atomic E-state index is 0.164. The molecule has 3 rings (SSSR count). The first-order chi connectivity index (χ1) is 11.1. The van der Waals surface area contributed by atoms with E-state index in [-0.39, 0.29) is 18.1 Å². The quantitative estimate of drug-likeness (QED) is 0.865. The monoisotopic (exact) mass is 309 g/mol. The van der Waals surface area contributed by atoms with Crippen LogP contribution in [0.4, 0.5) is 0 Å². The van der Waals surface area contributed by atoms with Gasteiger partial charge in [-0.1, -0.05) is 0 Å². The van der Waals surface area contributed by atoms with Crippen LogP contribution in [-0.2, 0) is 17.8 Å². The maximum absolute atomic E-state index is 9.55. The Morgan fingerprint density at radius 2 is 2.17 bits per heavy atom. The van der Waals surface area contributed by atoms with Crippen LogP contribution in [0.15, 0.2) is 22.8 Å². The minimum atomic E-state index is -0.382. The third-order valence-corrected chi connectivity index (χ3v) is 3.73. The number of nitriles is 2. The van der Waals surface area contributed by atoms with E-state index in [9.17, 15) is 5.26 Å². The summed E-state index contributed by atoms with van der Waals surface area (Å²) in [6.45, 7) is 4.12. The molecule has 0 unspecified atom stereocenters. The second-order valence-corrected chi connectivity index (χ2v) is 5.86. The molecule has 0 radical (unpaired) electrons. The van der Waals surface area contributed by atoms with E-state index in [0.29, 0.717) is 30.0 Å². The molecule has 0 aromatic carbocycles. The van der Waals surface area contributed by atoms with Gasteiger partial charge in [-0.15, -0.1) is 0 Å². The summed E-state index contributed by atoms with van der Waals surface area (Å²) in [6, 6.07) is 7.62. The molecule has 6 heteroatoms. The van der Waals surface area contributed by atoms with Crippen molar-refractivity contribution in [2.75, 3.05) is 6.61 Å². The summed E-state index contributed by atoms with van der Waals surface area (Å²) < 4.78 is 16.7. The van der Waals surface area contributed by atoms with E-state index < -0.39 is 0 Å². The van der Waals surface area contributed by atoms with Gasteiger partial charge in [0.15, 0.2) is 12.4 Å². The second kappa shape index (κ2) is 5.75. The van der Waals surface area contributed by atoms with Crippen molar-refractivity contribution in [3.8, 4) is 29.5 Å². The predicted molar refractivity (Wildman–Crippen MR) is 80.3 cm³/mol. The number of hydrogen-bond acceptors (Lipinski definition) is 6. The predicted octanol–water partition coefficient (Wildman–Crippen LogP) is 2.97. The molecule has 0 fully saturated rings. The van der Waals surface area contributed by atoms with Crippen LogP contribution in [0.3, 0.4) is 0 Å². The number of fused-ring (bicyclic) bond motifs is 1. The normalized spacial score (nSPS) is 15.3. The number of hydrogen-bond donors (Lipinski definition) is 0. The summed E-state index contributed by atoms with van der Waals surface area (Å²) in [5.74, 6) is 0.743. The molecule has 23 heavy (non-hydrogen) atoms. The fourth-order valence-corrected chi connectivity index (χ4v) is 2.68. The van der Waals surface area contributed by atoms with Crippen LogP contribution < -0.4 is 4.74 Å². The SMILES string of the molecule is CC1(C)Cc2c(C#N)c(OCC#N)nc(-c3ccco3)c2CO1. The van der Waals surface area contributed by atoms with Crippen molar-refractivity contribution < 1.29 is 13.9 Å². The largest absolute Gasteiger partial charge is 0.463 e. The molecule has 2 aromatic rings. The lowest BCUT2D eigenvalue weighted by Crippen LogP contribution is -2.33. The zero-order valence-corrected chi connectivity index (χ0v) is 12.9. The molecule has 0 aliphatic carbocycles. The highest BCUT2D eigenvalue weighted by atomic mass is 16.5. The molecule has 2 aromatic heterocycles. The molecular weight excluding hydrogens is 294 g/mol. The Hall–Kier alpha value is -2.83. The van der Waals surface area contributed by atoms with Gasteiger partial charge in [-0.2, -0.15) is 10.5 Å². The zero-order chi connectivity index (χ0) is 16.4. The highest BCUT2D eigenvalue weighted by Crippen LogP contribution is 2.38. The van der Waals surface area contributed by atoms with Crippen molar-refractivity contribution in [3.05, 3.63) is 35.1 Å². The molecule has 0 atom stereocenters. The standard InChI is InChI=1S/C17H15N3O3/c1-17(2)8-11-12(9-19)16(22-7-5-18)20-15(13(11)10-23-17)14-4-3-6-21-14/h3-4,6H,7-8,10H2,1-2H3. The van der Waals surface area contributed by atoms with Gasteiger partial charge in [0.05, 0.1) is 18.5 Å². The molecular formula is C17H15N3O3. The fraction of sp³-hybridized carbons (Fsp3) is 0.353. The van der Waals surface area contributed by atoms with Crippen molar-refractivity contribution >= 4 is 0 Å². The summed E-state index contributed by atoms with van der Waals surface area (Å²) in [6.07, 6.45) is 2.12. The van der Waals surface area contributed by atoms with Gasteiger partial charge in [0.2, 0.25) is 5.88 Å². The third kappa shape index (κ3) is 2.77. The molecule has 0 bridgehead atoms. The van der Waals surface area contributed by atoms with E-state index >= 15 is 0 Å². The Bertz CT molecular complexity index is 811. The molecule has 0 N–H and O–H groups in total. The molecule has 1 aliphatic rings. The van der Waals surface area contributed by atoms with Crippen LogP contribution in [0.1, 0.15) is 30.5 Å². The van der Waals surface area contributed by atoms with Crippen LogP contribution in [0.25, 0.3) is 11.5 Å². The smallest absolute Gasteiger partial charge is 0.233 e. The Morgan fingerprint density at radius 3 is 2.83 bits per heavy atom. The van der Waals surface area contributed by atoms with Gasteiger partial charge in [0.25, 0.3) is 0 Å². The first kappa shape index (κ1) is 15.1. The van der Waals surface area contributed by atoms with Crippen molar-refractivity contribution in [3.63, 3.8) is 0 Å². The number of nitrogens with zero attached hydrogens (tertiary/aromatic N) is 3. The molecule has 1 aliphatic heterocycles. The molecule has 116 valence electrons. The highest BCUT2D eigenvalue weighted by Gasteiger charge is 2.33. The summed E-state index contributed by atoms with van der Waals surface area (Å²) in [5.41, 5.74) is 2.25. The maximum Gasteiger partial charge on any atom is 0.233 e. The average Bonchev–Trinajstić information content (AvgIpc) is 3.05. The summed E-state index contributed by atoms with van der Waals surface area (Å²) >= 11 is 0. The van der Waals surface area contributed by atoms with E-state index in [1.165, 1.54) is 0 Å². The number of aromatic nitrogens is 1. The average molecular weight is 309 g/mol. The van der Waals surface area contributed by atoms with Gasteiger partial charge in [0, 0.05) is 12.0 Å². The van der Waals surface area contributed by atoms with E-state index in [4.69, 9.17) is 19.2 Å². The molecule has 0 amide bonds. The fourth-order valence-electron chi connectivity index (χ4n) is 2.68. The van der Waals surface area contributed by atoms with E-state index in [1.54, 1.807) is 18.4 Å². The summed E-state index contributed by atoms with van der Waals surface area (Å²) in [5, 5.41) is 18.3. The maximum atomic E-state index is 9.55. The van der Waals surface area contributed by atoms with E-state index in [0.717, 1.165) is 11.1 Å². The van der Waals surface area contributed by atoms with Crippen LogP contribution in [0.5, 0.6) is 5.88 Å². The van der Waals surface area contributed by atoms with Crippen molar-refractivity contribution in [2.24, 2.45) is 0 Å². The molecule has 0 saturated heterocycles. The summed E-state index contributed by atoms with van der Waals surface area (Å²) in [4.78, 5) is 4.41. The van der Waals surface area contributed by atoms with Crippen molar-refractivity contribution in [2.45, 2.75) is 32.5 Å². The Labute approximate surface area is 133 Å². The number of ether oxygens (including phenoxy) is 2. The van der Waals surface area contributed by atoms with Gasteiger partial charge < -0.3 is 13.9 Å². The second-order valence-electron chi connectivity index (χ2n) is 5.86. The highest BCUT2D eigenvalue weighted by molar-refractivity contribution is 5.65. The van der Waals surface area contributed by atoms with Gasteiger partial charge >= 0.3 is 0 Å². The van der Waals surface area contributed by atoms with E-state index in [1.807, 2.05) is 19.9 Å². The lowest BCUT2D eigenvalue weighted by atomic mass is 9.88. The Balaban J connectivity index is 2.22. The Morgan fingerprint density at radius 1 is 1.35 bits per heavy atom. The summed E-state index contributed by atoms with van der Waals surface area (Å²) in [7, 11) is 0. The number of rotatable bonds is 3. The minimum Gasteiger partial charge on any atom is -0.463 e. The molecule has 0 spiro atoms. The molecule has 6 nitrogen and oxygen atoms in total. The number of furan rings is 1. The lowest BCUT2D eigenvalue weighted by Gasteiger charge is -2.33. The number of pyridine rings is 1. The van der Waals surface area contributed by atoms with E-state index in [2.05, 4.69) is 11.1 Å². The van der Waals surface area contributed by atoms with Crippen LogP contribution >= 0.6 is 0 Å². The van der Waals surface area contributed by atoms with Crippen LogP contribution in [0.2, 0.25) is 0 Å². The van der Waals surface area contributed by atoms with Gasteiger partial charge in [0.1, 0.15) is 23.4 Å². The Kier molecular flexibility index (Phi) is 3.77. The third-order valence-electron chi connectivity index (χ3n) is 3.73. The molecule has 3 heterocycles. The zero-order valence-electron chi connectivity index (χ0n) is 12.9. The van der Waals surface area contributed by atoms with Crippen LogP contribution in [0, 0.1) is 22.7 Å².